The average molecular weight is 1060 g/mol. The number of hydrogen-bond donors (Lipinski definition) is 0. The van der Waals surface area contributed by atoms with E-state index >= 15 is 0 Å². The third kappa shape index (κ3) is 26.1. The molecule has 0 aliphatic heterocycles. The molecule has 0 unspecified atom stereocenters. The molecule has 12 heteroatoms. The van der Waals surface area contributed by atoms with Gasteiger partial charge in [0, 0.05) is 72.9 Å². The summed E-state index contributed by atoms with van der Waals surface area (Å²) in [7, 11) is 1.97. The second-order valence-electron chi connectivity index (χ2n) is 21.6. The molecule has 0 amide bonds. The minimum absolute atomic E-state index is 0.428. The van der Waals surface area contributed by atoms with Crippen molar-refractivity contribution in [3.8, 4) is 0 Å². The van der Waals surface area contributed by atoms with Gasteiger partial charge in [-0.05, 0) is 183 Å². The summed E-state index contributed by atoms with van der Waals surface area (Å²) < 4.78 is 8.72. The molecule has 0 bridgehead atoms. The predicted octanol–water partition coefficient (Wildman–Crippen LogP) is 18.1. The Balaban J connectivity index is 0.000000435. The second kappa shape index (κ2) is 36.0. The number of hydrogen-bond acceptors (Lipinski definition) is 10. The van der Waals surface area contributed by atoms with E-state index in [0.29, 0.717) is 47.5 Å². The summed E-state index contributed by atoms with van der Waals surface area (Å²) in [5.74, 6) is 5.13. The van der Waals surface area contributed by atoms with E-state index in [1.54, 1.807) is 28.5 Å². The van der Waals surface area contributed by atoms with Crippen molar-refractivity contribution in [3.63, 3.8) is 0 Å². The largest absolute Gasteiger partial charge is 0.361 e. The molecule has 0 fully saturated rings. The molecular weight excluding hydrogens is 957 g/mol. The zero-order valence-corrected chi connectivity index (χ0v) is 52.1. The Hall–Kier alpha value is -6.14. The van der Waals surface area contributed by atoms with E-state index in [0.717, 1.165) is 22.8 Å². The minimum atomic E-state index is 0.428. The molecule has 11 nitrogen and oxygen atoms in total. The number of thiophene rings is 1. The van der Waals surface area contributed by atoms with Gasteiger partial charge >= 0.3 is 0 Å². The molecule has 0 saturated heterocycles. The minimum Gasteiger partial charge on any atom is -0.361 e. The summed E-state index contributed by atoms with van der Waals surface area (Å²) >= 11 is 1.77. The molecule has 0 spiro atoms. The molecule has 0 N–H and O–H groups in total. The monoisotopic (exact) mass is 1050 g/mol. The summed E-state index contributed by atoms with van der Waals surface area (Å²) in [4.78, 5) is 16.2. The van der Waals surface area contributed by atoms with Crippen molar-refractivity contribution in [1.82, 2.24) is 49.9 Å². The summed E-state index contributed by atoms with van der Waals surface area (Å²) in [6.07, 6.45) is 14.4. The van der Waals surface area contributed by atoms with Crippen molar-refractivity contribution < 1.29 is 4.52 Å². The first-order chi connectivity index (χ1) is 35.7. The van der Waals surface area contributed by atoms with Crippen LogP contribution in [0.2, 0.25) is 0 Å². The van der Waals surface area contributed by atoms with Gasteiger partial charge in [0.2, 0.25) is 0 Å². The lowest BCUT2D eigenvalue weighted by Crippen LogP contribution is -2.00. The van der Waals surface area contributed by atoms with Gasteiger partial charge in [-0.3, -0.25) is 19.3 Å². The highest BCUT2D eigenvalue weighted by Crippen LogP contribution is 2.23. The van der Waals surface area contributed by atoms with Crippen LogP contribution in [0.3, 0.4) is 0 Å². The highest BCUT2D eigenvalue weighted by molar-refractivity contribution is 7.08. The lowest BCUT2D eigenvalue weighted by molar-refractivity contribution is 0.392. The number of nitrogens with zero attached hydrogens (tertiary/aromatic N) is 10. The van der Waals surface area contributed by atoms with Crippen molar-refractivity contribution >= 4 is 11.3 Å². The van der Waals surface area contributed by atoms with Gasteiger partial charge < -0.3 is 4.52 Å². The maximum Gasteiger partial charge on any atom is 0.137 e. The molecule has 0 radical (unpaired) electrons. The lowest BCUT2D eigenvalue weighted by Gasteiger charge is -2.10. The molecule has 8 rings (SSSR count). The van der Waals surface area contributed by atoms with Gasteiger partial charge in [0.1, 0.15) is 12.1 Å². The molecule has 1 aromatic carbocycles. The van der Waals surface area contributed by atoms with E-state index in [2.05, 4.69) is 232 Å². The van der Waals surface area contributed by atoms with E-state index in [9.17, 15) is 0 Å². The van der Waals surface area contributed by atoms with Gasteiger partial charge in [-0.2, -0.15) is 16.4 Å². The third-order valence-electron chi connectivity index (χ3n) is 12.5. The molecule has 7 heterocycles. The molecule has 7 aromatic heterocycles. The van der Waals surface area contributed by atoms with E-state index in [4.69, 9.17) is 4.52 Å². The van der Waals surface area contributed by atoms with Gasteiger partial charge in [-0.25, -0.2) is 9.97 Å². The quantitative estimate of drug-likeness (QED) is 0.146. The van der Waals surface area contributed by atoms with Crippen molar-refractivity contribution in [2.24, 2.45) is 7.05 Å². The van der Waals surface area contributed by atoms with Crippen LogP contribution in [0.25, 0.3) is 0 Å². The molecule has 416 valence electrons. The average Bonchev–Trinajstić information content (AvgIpc) is 4.23. The van der Waals surface area contributed by atoms with Crippen LogP contribution in [-0.2, 0) is 7.05 Å². The molecule has 0 aliphatic carbocycles. The Morgan fingerprint density at radius 2 is 1.13 bits per heavy atom. The van der Waals surface area contributed by atoms with Crippen molar-refractivity contribution in [3.05, 3.63) is 188 Å². The zero-order valence-electron chi connectivity index (χ0n) is 51.3. The summed E-state index contributed by atoms with van der Waals surface area (Å²) in [5.41, 5.74) is 16.7. The molecule has 0 saturated carbocycles. The van der Waals surface area contributed by atoms with E-state index < -0.39 is 0 Å². The van der Waals surface area contributed by atoms with Gasteiger partial charge in [0.25, 0.3) is 0 Å². The first-order valence-corrected chi connectivity index (χ1v) is 28.1. The summed E-state index contributed by atoms with van der Waals surface area (Å²) in [6.45, 7) is 49.1. The van der Waals surface area contributed by atoms with Crippen molar-refractivity contribution in [1.29, 1.82) is 0 Å². The van der Waals surface area contributed by atoms with Crippen LogP contribution in [-0.4, -0.2) is 49.9 Å². The Morgan fingerprint density at radius 3 is 1.46 bits per heavy atom. The topological polar surface area (TPSA) is 126 Å². The smallest absolute Gasteiger partial charge is 0.137 e. The third-order valence-corrected chi connectivity index (χ3v) is 13.2. The van der Waals surface area contributed by atoms with Crippen LogP contribution >= 0.6 is 11.3 Å². The fraction of sp³-hybridized carbons (Fsp3) is 0.500. The Labute approximate surface area is 464 Å². The number of benzene rings is 1. The number of rotatable bonds is 8. The zero-order chi connectivity index (χ0) is 57.7. The first kappa shape index (κ1) is 67.9. The molecule has 0 atom stereocenters. The highest BCUT2D eigenvalue weighted by atomic mass is 32.1. The maximum atomic E-state index is 5.01. The molecule has 8 aromatic rings. The SMILES string of the molecule is CC(C)c1ccnn1C.CC(C)c1ccsc1.CC(C)c1cncnc1.CC(C)n1ccnn1.Cc1ccc(C(C)C)cc1C.Cc1ccc(C(C)C)cn1.Cc1nccc(C(C)C)c1C.Cc1noc(C)c1C(C)C. The number of aromatic nitrogens is 10. The first-order valence-electron chi connectivity index (χ1n) is 27.1. The molecule has 0 aliphatic rings. The van der Waals surface area contributed by atoms with Crippen LogP contribution in [0.15, 0.2) is 114 Å². The Morgan fingerprint density at radius 1 is 0.526 bits per heavy atom. The van der Waals surface area contributed by atoms with Crippen LogP contribution in [0.1, 0.15) is 237 Å². The van der Waals surface area contributed by atoms with Crippen molar-refractivity contribution in [2.75, 3.05) is 0 Å². The van der Waals surface area contributed by atoms with Crippen LogP contribution in [0.4, 0.5) is 0 Å². The fourth-order valence-electron chi connectivity index (χ4n) is 7.20. The number of pyridine rings is 2. The number of aryl methyl sites for hydroxylation is 7. The lowest BCUT2D eigenvalue weighted by atomic mass is 9.98. The van der Waals surface area contributed by atoms with Crippen molar-refractivity contribution in [2.45, 2.75) is 207 Å². The maximum absolute atomic E-state index is 5.01. The van der Waals surface area contributed by atoms with Gasteiger partial charge in [-0.1, -0.05) is 132 Å². The fourth-order valence-corrected chi connectivity index (χ4v) is 8.02. The van der Waals surface area contributed by atoms with Crippen LogP contribution in [0.5, 0.6) is 0 Å². The summed E-state index contributed by atoms with van der Waals surface area (Å²) in [6, 6.07) is 17.6. The van der Waals surface area contributed by atoms with E-state index in [-0.39, 0.29) is 0 Å². The normalized spacial score (nSPS) is 10.5. The van der Waals surface area contributed by atoms with Crippen LogP contribution in [0, 0.1) is 48.5 Å². The summed E-state index contributed by atoms with van der Waals surface area (Å²) in [5, 5.41) is 19.7. The van der Waals surface area contributed by atoms with Gasteiger partial charge in [0.05, 0.1) is 11.9 Å². The van der Waals surface area contributed by atoms with E-state index in [1.807, 2.05) is 75.7 Å². The standard InChI is InChI=1S/C11H16.C10H15N.C9H13N.C8H13NO.C7H10N2.C7H12N2.C7H10S.C5H9N3/c1-8(2)11-6-5-9(3)10(4)7-11;1-7(2)10-5-6-11-9(4)8(10)3;1-7(2)9-5-4-8(3)10-6-9;1-5(2)8-6(3)9-10-7(8)4;1-6(2)7-3-8-5-9-4-7;1-6(2)7-4-5-8-9(7)3;1-6(2)7-3-4-8-5-7;1-5(2)8-4-3-6-7-8/h5-8H,1-4H3;5-7H,1-4H3;4-7H,1-3H3;5H,1-4H3;3-6H,1-2H3;4-6H,1-3H3;3-6H,1-2H3;3-5H,1-2H3. The Kier molecular flexibility index (Phi) is 32.1. The molecule has 76 heavy (non-hydrogen) atoms. The van der Waals surface area contributed by atoms with Crippen LogP contribution < -0.4 is 0 Å². The van der Waals surface area contributed by atoms with Gasteiger partial charge in [-0.15, -0.1) is 5.10 Å². The van der Waals surface area contributed by atoms with E-state index in [1.165, 1.54) is 55.8 Å². The predicted molar refractivity (Wildman–Crippen MR) is 323 cm³/mol. The Bertz CT molecular complexity index is 2640. The second-order valence-corrected chi connectivity index (χ2v) is 22.4. The molecular formula is C64H98N10OS. The van der Waals surface area contributed by atoms with Gasteiger partial charge in [0.15, 0.2) is 0 Å². The highest BCUT2D eigenvalue weighted by Gasteiger charge is 2.11.